The maximum atomic E-state index is 13.8. The Morgan fingerprint density at radius 2 is 1.85 bits per heavy atom. The Balaban J connectivity index is 1.26. The van der Waals surface area contributed by atoms with Gasteiger partial charge in [0.05, 0.1) is 24.2 Å². The fraction of sp³-hybridized carbons (Fsp3) is 0.414. The Labute approximate surface area is 234 Å². The van der Waals surface area contributed by atoms with Crippen LogP contribution in [0, 0.1) is 13.8 Å². The number of hydrogen-bond donors (Lipinski definition) is 1. The number of likely N-dealkylation sites (tertiary alicyclic amines) is 1. The molecule has 2 aromatic heterocycles. The van der Waals surface area contributed by atoms with E-state index in [1.54, 1.807) is 56.5 Å². The van der Waals surface area contributed by atoms with Gasteiger partial charge in [0.25, 0.3) is 5.91 Å². The molecule has 3 heterocycles. The average Bonchev–Trinajstić information content (AvgIpc) is 3.67. The van der Waals surface area contributed by atoms with Gasteiger partial charge in [0.1, 0.15) is 12.0 Å². The van der Waals surface area contributed by atoms with Crippen molar-refractivity contribution in [1.29, 1.82) is 0 Å². The quantitative estimate of drug-likeness (QED) is 0.415. The van der Waals surface area contributed by atoms with Crippen LogP contribution < -0.4 is 4.74 Å². The summed E-state index contributed by atoms with van der Waals surface area (Å²) in [6.45, 7) is 4.16. The minimum absolute atomic E-state index is 0.0647. The predicted octanol–water partition coefficient (Wildman–Crippen LogP) is 3.73. The molecule has 1 saturated heterocycles. The number of aryl methyl sites for hydroxylation is 2. The zero-order chi connectivity index (χ0) is 28.5. The number of benzene rings is 1. The zero-order valence-electron chi connectivity index (χ0n) is 22.9. The summed E-state index contributed by atoms with van der Waals surface area (Å²) in [5, 5.41) is 11.0. The first-order valence-corrected chi connectivity index (χ1v) is 14.8. The highest BCUT2D eigenvalue weighted by Gasteiger charge is 2.41. The smallest absolute Gasteiger partial charge is 0.275 e. The van der Waals surface area contributed by atoms with Gasteiger partial charge >= 0.3 is 0 Å². The summed E-state index contributed by atoms with van der Waals surface area (Å²) in [7, 11) is -2.30. The summed E-state index contributed by atoms with van der Waals surface area (Å²) in [4.78, 5) is 23.4. The molecule has 0 spiro atoms. The van der Waals surface area contributed by atoms with Gasteiger partial charge < -0.3 is 19.2 Å². The number of nitrogens with zero attached hydrogens (tertiary/aromatic N) is 4. The fourth-order valence-corrected chi connectivity index (χ4v) is 7.14. The number of ether oxygens (including phenoxy) is 1. The largest absolute Gasteiger partial charge is 0.497 e. The van der Waals surface area contributed by atoms with Crippen LogP contribution in [0.2, 0.25) is 0 Å². The van der Waals surface area contributed by atoms with Crippen molar-refractivity contribution in [2.24, 2.45) is 0 Å². The van der Waals surface area contributed by atoms with Crippen LogP contribution in [0.1, 0.15) is 58.8 Å². The number of hydrogen-bond acceptors (Lipinski definition) is 8. The van der Waals surface area contributed by atoms with E-state index in [0.717, 1.165) is 18.4 Å². The number of methoxy groups -OCH3 is 1. The third-order valence-electron chi connectivity index (χ3n) is 7.46. The van der Waals surface area contributed by atoms with Crippen molar-refractivity contribution >= 4 is 22.0 Å². The number of oxazole rings is 1. The van der Waals surface area contributed by atoms with Crippen LogP contribution in [0.3, 0.4) is 0 Å². The van der Waals surface area contributed by atoms with Gasteiger partial charge in [0, 0.05) is 31.5 Å². The first-order valence-electron chi connectivity index (χ1n) is 13.3. The van der Waals surface area contributed by atoms with Crippen molar-refractivity contribution in [3.63, 3.8) is 0 Å². The SMILES string of the molecule is COc1cc(C)c(S(=O)(=O)N(Cc2nc(C(=O)N3CCC(O)(C=Cc4ccncc4)CC3)co2)C2CC2)c(C)c1. The number of aliphatic hydroxyl groups is 1. The van der Waals surface area contributed by atoms with Crippen LogP contribution in [-0.4, -0.2) is 70.4 Å². The van der Waals surface area contributed by atoms with Crippen molar-refractivity contribution in [2.45, 2.75) is 62.6 Å². The van der Waals surface area contributed by atoms with Crippen LogP contribution in [-0.2, 0) is 16.6 Å². The van der Waals surface area contributed by atoms with E-state index < -0.39 is 15.6 Å². The second-order valence-corrected chi connectivity index (χ2v) is 12.3. The molecule has 10 nitrogen and oxygen atoms in total. The summed E-state index contributed by atoms with van der Waals surface area (Å²) in [6, 6.07) is 6.99. The molecule has 0 radical (unpaired) electrons. The van der Waals surface area contributed by atoms with Crippen LogP contribution in [0.15, 0.2) is 58.3 Å². The Bertz CT molecular complexity index is 1480. The second-order valence-electron chi connectivity index (χ2n) is 10.5. The summed E-state index contributed by atoms with van der Waals surface area (Å²) in [5.74, 6) is 0.456. The Morgan fingerprint density at radius 3 is 2.45 bits per heavy atom. The van der Waals surface area contributed by atoms with Gasteiger partial charge in [-0.05, 0) is 80.5 Å². The highest BCUT2D eigenvalue weighted by Crippen LogP contribution is 2.36. The van der Waals surface area contributed by atoms with Gasteiger partial charge in [0.2, 0.25) is 15.9 Å². The zero-order valence-corrected chi connectivity index (χ0v) is 23.7. The Kier molecular flexibility index (Phi) is 7.80. The van der Waals surface area contributed by atoms with Gasteiger partial charge in [-0.2, -0.15) is 4.31 Å². The fourth-order valence-electron chi connectivity index (χ4n) is 5.09. The molecule has 1 saturated carbocycles. The molecule has 1 aromatic carbocycles. The van der Waals surface area contributed by atoms with E-state index in [-0.39, 0.29) is 35.0 Å². The van der Waals surface area contributed by atoms with E-state index >= 15 is 0 Å². The standard InChI is InChI=1S/C29H34N4O6S/c1-20-16-24(38-3)17-21(2)27(20)40(36,37)33(23-4-5-23)18-26-31-25(19-39-26)28(34)32-14-10-29(35,11-15-32)9-6-22-7-12-30-13-8-22/h6-9,12-13,16-17,19,23,35H,4-5,10-11,14-15,18H2,1-3H3. The molecule has 212 valence electrons. The summed E-state index contributed by atoms with van der Waals surface area (Å²) < 4.78 is 39.8. The highest BCUT2D eigenvalue weighted by molar-refractivity contribution is 7.89. The van der Waals surface area contributed by atoms with Crippen LogP contribution in [0.4, 0.5) is 0 Å². The van der Waals surface area contributed by atoms with Gasteiger partial charge in [-0.1, -0.05) is 12.2 Å². The van der Waals surface area contributed by atoms with Crippen molar-refractivity contribution in [2.75, 3.05) is 20.2 Å². The maximum absolute atomic E-state index is 13.8. The van der Waals surface area contributed by atoms with Crippen LogP contribution in [0.25, 0.3) is 6.08 Å². The molecule has 1 amide bonds. The molecule has 3 aromatic rings. The van der Waals surface area contributed by atoms with Gasteiger partial charge in [-0.25, -0.2) is 13.4 Å². The molecular weight excluding hydrogens is 532 g/mol. The molecule has 0 bridgehead atoms. The van der Waals surface area contributed by atoms with Gasteiger partial charge in [-0.15, -0.1) is 0 Å². The number of carbonyl (C=O) groups excluding carboxylic acids is 1. The highest BCUT2D eigenvalue weighted by atomic mass is 32.2. The molecule has 1 N–H and O–H groups in total. The number of sulfonamides is 1. The van der Waals surface area contributed by atoms with E-state index in [1.807, 2.05) is 18.2 Å². The molecule has 2 fully saturated rings. The number of pyridine rings is 1. The molecule has 0 unspecified atom stereocenters. The summed E-state index contributed by atoms with van der Waals surface area (Å²) in [5.41, 5.74) is 1.26. The van der Waals surface area contributed by atoms with E-state index in [0.29, 0.717) is 42.8 Å². The Morgan fingerprint density at radius 1 is 1.20 bits per heavy atom. The number of carbonyl (C=O) groups is 1. The minimum atomic E-state index is -3.85. The van der Waals surface area contributed by atoms with Crippen molar-refractivity contribution in [3.05, 3.63) is 77.3 Å². The van der Waals surface area contributed by atoms with E-state index in [1.165, 1.54) is 10.6 Å². The van der Waals surface area contributed by atoms with E-state index in [2.05, 4.69) is 9.97 Å². The summed E-state index contributed by atoms with van der Waals surface area (Å²) in [6.07, 6.45) is 10.6. The number of rotatable bonds is 9. The lowest BCUT2D eigenvalue weighted by molar-refractivity contribution is 0.0190. The normalized spacial score (nSPS) is 17.5. The lowest BCUT2D eigenvalue weighted by Gasteiger charge is -2.36. The molecule has 40 heavy (non-hydrogen) atoms. The number of amides is 1. The maximum Gasteiger partial charge on any atom is 0.275 e. The number of aromatic nitrogens is 2. The third-order valence-corrected chi connectivity index (χ3v) is 9.67. The van der Waals surface area contributed by atoms with Crippen molar-refractivity contribution < 1.29 is 27.5 Å². The molecule has 5 rings (SSSR count). The first-order chi connectivity index (χ1) is 19.1. The van der Waals surface area contributed by atoms with E-state index in [9.17, 15) is 18.3 Å². The van der Waals surface area contributed by atoms with Gasteiger partial charge in [-0.3, -0.25) is 9.78 Å². The minimum Gasteiger partial charge on any atom is -0.497 e. The summed E-state index contributed by atoms with van der Waals surface area (Å²) >= 11 is 0. The lowest BCUT2D eigenvalue weighted by atomic mass is 9.90. The third kappa shape index (κ3) is 5.96. The monoisotopic (exact) mass is 566 g/mol. The number of piperidine rings is 1. The van der Waals surface area contributed by atoms with Crippen LogP contribution in [0.5, 0.6) is 5.75 Å². The van der Waals surface area contributed by atoms with Crippen LogP contribution >= 0.6 is 0 Å². The Hall–Kier alpha value is -3.54. The second kappa shape index (κ2) is 11.1. The first kappa shape index (κ1) is 28.0. The van der Waals surface area contributed by atoms with Crippen molar-refractivity contribution in [1.82, 2.24) is 19.2 Å². The van der Waals surface area contributed by atoms with E-state index in [4.69, 9.17) is 9.15 Å². The lowest BCUT2D eigenvalue weighted by Crippen LogP contribution is -2.45. The topological polar surface area (TPSA) is 126 Å². The van der Waals surface area contributed by atoms with Gasteiger partial charge in [0.15, 0.2) is 5.69 Å². The predicted molar refractivity (Wildman–Crippen MR) is 148 cm³/mol. The average molecular weight is 567 g/mol. The van der Waals surface area contributed by atoms with Crippen molar-refractivity contribution in [3.8, 4) is 5.75 Å². The molecule has 1 aliphatic carbocycles. The molecule has 2 aliphatic rings. The molecular formula is C29H34N4O6S. The molecule has 1 aliphatic heterocycles. The molecule has 0 atom stereocenters. The molecule has 11 heteroatoms.